The van der Waals surface area contributed by atoms with Gasteiger partial charge in [-0.05, 0) is 57.8 Å². The zero-order chi connectivity index (χ0) is 17.1. The van der Waals surface area contributed by atoms with Gasteiger partial charge in [0.2, 0.25) is 0 Å². The maximum absolute atomic E-state index is 12.7. The first-order valence-electron chi connectivity index (χ1n) is 8.58. The van der Waals surface area contributed by atoms with Crippen LogP contribution in [0.2, 0.25) is 0 Å². The van der Waals surface area contributed by atoms with Crippen molar-refractivity contribution in [1.29, 1.82) is 0 Å². The number of urea groups is 1. The lowest BCUT2D eigenvalue weighted by Gasteiger charge is -2.40. The predicted octanol–water partition coefficient (Wildman–Crippen LogP) is 3.35. The van der Waals surface area contributed by atoms with Gasteiger partial charge in [0.1, 0.15) is 0 Å². The van der Waals surface area contributed by atoms with E-state index in [2.05, 4.69) is 63.2 Å². The normalized spacial score (nSPS) is 23.4. The number of hydrogen-bond acceptors (Lipinski definition) is 2. The second-order valence-corrected chi connectivity index (χ2v) is 7.24. The van der Waals surface area contributed by atoms with E-state index in [9.17, 15) is 4.79 Å². The van der Waals surface area contributed by atoms with Crippen molar-refractivity contribution in [1.82, 2.24) is 15.1 Å². The number of likely N-dealkylation sites (tertiary alicyclic amines) is 1. The van der Waals surface area contributed by atoms with E-state index in [1.54, 1.807) is 0 Å². The summed E-state index contributed by atoms with van der Waals surface area (Å²) in [6.07, 6.45) is 1.04. The van der Waals surface area contributed by atoms with Crippen LogP contribution in [0, 0.1) is 19.8 Å². The van der Waals surface area contributed by atoms with Crippen LogP contribution in [0.25, 0.3) is 0 Å². The molecule has 1 saturated heterocycles. The Morgan fingerprint density at radius 2 is 2.09 bits per heavy atom. The first kappa shape index (κ1) is 17.8. The Bertz CT molecular complexity index is 558. The van der Waals surface area contributed by atoms with E-state index in [1.165, 1.54) is 16.7 Å². The minimum Gasteiger partial charge on any atom is -0.331 e. The molecule has 3 atom stereocenters. The number of nitrogens with zero attached hydrogens (tertiary/aromatic N) is 2. The average Bonchev–Trinajstić information content (AvgIpc) is 2.49. The van der Waals surface area contributed by atoms with Crippen molar-refractivity contribution >= 4 is 6.03 Å². The Labute approximate surface area is 140 Å². The summed E-state index contributed by atoms with van der Waals surface area (Å²) < 4.78 is 0. The van der Waals surface area contributed by atoms with Crippen LogP contribution in [-0.4, -0.2) is 49.1 Å². The van der Waals surface area contributed by atoms with Gasteiger partial charge in [-0.2, -0.15) is 0 Å². The van der Waals surface area contributed by atoms with Gasteiger partial charge in [-0.25, -0.2) is 4.79 Å². The van der Waals surface area contributed by atoms with E-state index in [-0.39, 0.29) is 12.1 Å². The molecule has 1 aromatic rings. The zero-order valence-electron chi connectivity index (χ0n) is 15.4. The van der Waals surface area contributed by atoms with Gasteiger partial charge in [0.05, 0.1) is 6.04 Å². The highest BCUT2D eigenvalue weighted by atomic mass is 16.2. The molecule has 1 heterocycles. The van der Waals surface area contributed by atoms with Crippen molar-refractivity contribution in [3.8, 4) is 0 Å². The van der Waals surface area contributed by atoms with E-state index >= 15 is 0 Å². The van der Waals surface area contributed by atoms with Gasteiger partial charge in [0.25, 0.3) is 0 Å². The monoisotopic (exact) mass is 317 g/mol. The standard InChI is InChI=1S/C19H31N3O/c1-13-7-8-14(2)17(11-13)16(4)20-19(23)22(6)18-9-10-21(5)12-15(18)3/h7-8,11,15-16,18H,9-10,12H2,1-6H3,(H,20,23)/t15-,16-,18+/m0/s1. The lowest BCUT2D eigenvalue weighted by atomic mass is 9.93. The Morgan fingerprint density at radius 3 is 2.74 bits per heavy atom. The fourth-order valence-corrected chi connectivity index (χ4v) is 3.66. The molecule has 0 aliphatic carbocycles. The molecule has 1 fully saturated rings. The SMILES string of the molecule is Cc1ccc(C)c([C@H](C)NC(=O)N(C)[C@@H]2CCN(C)C[C@@H]2C)c1. The van der Waals surface area contributed by atoms with Gasteiger partial charge in [0.15, 0.2) is 0 Å². The van der Waals surface area contributed by atoms with Crippen molar-refractivity contribution in [2.24, 2.45) is 5.92 Å². The number of hydrogen-bond donors (Lipinski definition) is 1. The quantitative estimate of drug-likeness (QED) is 0.928. The second kappa shape index (κ2) is 7.35. The Morgan fingerprint density at radius 1 is 1.39 bits per heavy atom. The molecule has 2 rings (SSSR count). The summed E-state index contributed by atoms with van der Waals surface area (Å²) in [6.45, 7) is 10.6. The lowest BCUT2D eigenvalue weighted by molar-refractivity contribution is 0.106. The molecule has 128 valence electrons. The molecule has 0 radical (unpaired) electrons. The number of rotatable bonds is 3. The smallest absolute Gasteiger partial charge is 0.317 e. The molecule has 4 heteroatoms. The fourth-order valence-electron chi connectivity index (χ4n) is 3.66. The fraction of sp³-hybridized carbons (Fsp3) is 0.632. The molecule has 0 bridgehead atoms. The van der Waals surface area contributed by atoms with Crippen molar-refractivity contribution in [2.45, 2.75) is 46.2 Å². The topological polar surface area (TPSA) is 35.6 Å². The molecular weight excluding hydrogens is 286 g/mol. The van der Waals surface area contributed by atoms with Crippen LogP contribution in [0.4, 0.5) is 4.79 Å². The Hall–Kier alpha value is -1.55. The predicted molar refractivity (Wildman–Crippen MR) is 95.7 cm³/mol. The summed E-state index contributed by atoms with van der Waals surface area (Å²) in [5.41, 5.74) is 3.64. The number of nitrogens with one attached hydrogen (secondary N) is 1. The van der Waals surface area contributed by atoms with Crippen LogP contribution in [0.1, 0.15) is 43.0 Å². The zero-order valence-corrected chi connectivity index (χ0v) is 15.4. The second-order valence-electron chi connectivity index (χ2n) is 7.24. The van der Waals surface area contributed by atoms with Gasteiger partial charge in [-0.1, -0.05) is 30.7 Å². The molecule has 1 aliphatic heterocycles. The van der Waals surface area contributed by atoms with Crippen LogP contribution in [0.15, 0.2) is 18.2 Å². The molecule has 0 saturated carbocycles. The highest BCUT2D eigenvalue weighted by molar-refractivity contribution is 5.75. The first-order valence-corrected chi connectivity index (χ1v) is 8.58. The number of piperidine rings is 1. The van der Waals surface area contributed by atoms with Gasteiger partial charge in [-0.15, -0.1) is 0 Å². The van der Waals surface area contributed by atoms with Gasteiger partial charge < -0.3 is 15.1 Å². The molecule has 4 nitrogen and oxygen atoms in total. The van der Waals surface area contributed by atoms with Crippen LogP contribution >= 0.6 is 0 Å². The number of benzene rings is 1. The summed E-state index contributed by atoms with van der Waals surface area (Å²) >= 11 is 0. The lowest BCUT2D eigenvalue weighted by Crippen LogP contribution is -2.52. The summed E-state index contributed by atoms with van der Waals surface area (Å²) in [6, 6.07) is 6.76. The van der Waals surface area contributed by atoms with Crippen molar-refractivity contribution < 1.29 is 4.79 Å². The van der Waals surface area contributed by atoms with E-state index in [4.69, 9.17) is 0 Å². The number of aryl methyl sites for hydroxylation is 2. The van der Waals surface area contributed by atoms with Gasteiger partial charge >= 0.3 is 6.03 Å². The van der Waals surface area contributed by atoms with Crippen LogP contribution in [0.3, 0.4) is 0 Å². The maximum Gasteiger partial charge on any atom is 0.317 e. The van der Waals surface area contributed by atoms with Crippen LogP contribution in [0.5, 0.6) is 0 Å². The Kier molecular flexibility index (Phi) is 5.69. The number of carbonyl (C=O) groups is 1. The molecule has 1 N–H and O–H groups in total. The number of amides is 2. The van der Waals surface area contributed by atoms with E-state index in [1.807, 2.05) is 11.9 Å². The molecule has 0 aromatic heterocycles. The molecular formula is C19H31N3O. The highest BCUT2D eigenvalue weighted by Gasteiger charge is 2.30. The van der Waals surface area contributed by atoms with Crippen molar-refractivity contribution in [3.05, 3.63) is 34.9 Å². The highest BCUT2D eigenvalue weighted by Crippen LogP contribution is 2.22. The molecule has 0 spiro atoms. The average molecular weight is 317 g/mol. The minimum atomic E-state index is 0.0198. The molecule has 23 heavy (non-hydrogen) atoms. The summed E-state index contributed by atoms with van der Waals surface area (Å²) in [4.78, 5) is 16.9. The third-order valence-corrected chi connectivity index (χ3v) is 5.12. The largest absolute Gasteiger partial charge is 0.331 e. The van der Waals surface area contributed by atoms with E-state index in [0.717, 1.165) is 19.5 Å². The molecule has 1 aliphatic rings. The van der Waals surface area contributed by atoms with Crippen LogP contribution < -0.4 is 5.32 Å². The van der Waals surface area contributed by atoms with Crippen molar-refractivity contribution in [3.63, 3.8) is 0 Å². The third kappa shape index (κ3) is 4.25. The summed E-state index contributed by atoms with van der Waals surface area (Å²) in [5, 5.41) is 3.17. The van der Waals surface area contributed by atoms with Gasteiger partial charge in [-0.3, -0.25) is 0 Å². The van der Waals surface area contributed by atoms with E-state index in [0.29, 0.717) is 12.0 Å². The third-order valence-electron chi connectivity index (χ3n) is 5.12. The summed E-state index contributed by atoms with van der Waals surface area (Å²) in [5.74, 6) is 0.500. The van der Waals surface area contributed by atoms with Gasteiger partial charge in [0, 0.05) is 19.6 Å². The minimum absolute atomic E-state index is 0.0198. The molecule has 0 unspecified atom stereocenters. The van der Waals surface area contributed by atoms with Crippen molar-refractivity contribution in [2.75, 3.05) is 27.2 Å². The van der Waals surface area contributed by atoms with E-state index < -0.39 is 0 Å². The maximum atomic E-state index is 12.7. The molecule has 2 amide bonds. The van der Waals surface area contributed by atoms with Crippen LogP contribution in [-0.2, 0) is 0 Å². The number of carbonyl (C=O) groups excluding carboxylic acids is 1. The Balaban J connectivity index is 2.01. The summed E-state index contributed by atoms with van der Waals surface area (Å²) in [7, 11) is 4.08. The molecule has 1 aromatic carbocycles. The first-order chi connectivity index (χ1) is 10.8.